The van der Waals surface area contributed by atoms with Crippen LogP contribution in [0.5, 0.6) is 0 Å². The summed E-state index contributed by atoms with van der Waals surface area (Å²) in [7, 11) is 0. The van der Waals surface area contributed by atoms with E-state index >= 15 is 0 Å². The molecule has 0 fully saturated rings. The van der Waals surface area contributed by atoms with Gasteiger partial charge in [-0.1, -0.05) is 6.92 Å². The molecule has 0 unspecified atom stereocenters. The summed E-state index contributed by atoms with van der Waals surface area (Å²) in [6.07, 6.45) is 3.15. The Morgan fingerprint density at radius 1 is 1.35 bits per heavy atom. The second kappa shape index (κ2) is 6.78. The van der Waals surface area contributed by atoms with E-state index < -0.39 is 0 Å². The van der Waals surface area contributed by atoms with Crippen LogP contribution in [-0.4, -0.2) is 6.54 Å². The molecule has 3 heteroatoms. The Hall–Kier alpha value is -0.850. The van der Waals surface area contributed by atoms with Crippen molar-refractivity contribution in [3.8, 4) is 6.07 Å². The van der Waals surface area contributed by atoms with Gasteiger partial charge in [0.1, 0.15) is 0 Å². The number of hydrogen-bond acceptors (Lipinski definition) is 3. The van der Waals surface area contributed by atoms with E-state index in [1.54, 1.807) is 0 Å². The maximum atomic E-state index is 8.89. The van der Waals surface area contributed by atoms with E-state index in [9.17, 15) is 0 Å². The summed E-state index contributed by atoms with van der Waals surface area (Å²) < 4.78 is 0. The normalized spacial score (nSPS) is 11.4. The predicted molar refractivity (Wildman–Crippen MR) is 74.0 cm³/mol. The first-order chi connectivity index (χ1) is 8.07. The summed E-state index contributed by atoms with van der Waals surface area (Å²) in [6, 6.07) is 6.75. The summed E-state index contributed by atoms with van der Waals surface area (Å²) in [5, 5.41) is 12.3. The van der Waals surface area contributed by atoms with Crippen LogP contribution in [0, 0.1) is 16.7 Å². The second-order valence-electron chi connectivity index (χ2n) is 5.00. The summed E-state index contributed by atoms with van der Waals surface area (Å²) in [5.41, 5.74) is -0.181. The third kappa shape index (κ3) is 5.34. The number of aryl methyl sites for hydroxylation is 1. The number of nitrogens with zero attached hydrogens (tertiary/aromatic N) is 1. The van der Waals surface area contributed by atoms with Crippen LogP contribution >= 0.6 is 11.3 Å². The van der Waals surface area contributed by atoms with Crippen molar-refractivity contribution in [3.63, 3.8) is 0 Å². The molecule has 0 radical (unpaired) electrons. The smallest absolute Gasteiger partial charge is 0.0683 e. The van der Waals surface area contributed by atoms with Crippen LogP contribution in [0.15, 0.2) is 12.1 Å². The highest BCUT2D eigenvalue weighted by Gasteiger charge is 2.15. The van der Waals surface area contributed by atoms with E-state index in [1.165, 1.54) is 9.75 Å². The predicted octanol–water partition coefficient (Wildman–Crippen LogP) is 3.73. The molecule has 1 rings (SSSR count). The molecule has 0 spiro atoms. The molecule has 94 valence electrons. The third-order valence-corrected chi connectivity index (χ3v) is 4.05. The van der Waals surface area contributed by atoms with E-state index in [2.05, 4.69) is 30.4 Å². The second-order valence-corrected chi connectivity index (χ2v) is 6.25. The van der Waals surface area contributed by atoms with E-state index in [-0.39, 0.29) is 5.41 Å². The van der Waals surface area contributed by atoms with Crippen molar-refractivity contribution in [1.29, 1.82) is 5.26 Å². The largest absolute Gasteiger partial charge is 0.312 e. The first-order valence-corrected chi connectivity index (χ1v) is 7.08. The lowest BCUT2D eigenvalue weighted by atomic mass is 9.90. The number of nitriles is 1. The maximum absolute atomic E-state index is 8.89. The van der Waals surface area contributed by atoms with Gasteiger partial charge < -0.3 is 5.32 Å². The van der Waals surface area contributed by atoms with Gasteiger partial charge in [0.15, 0.2) is 0 Å². The molecule has 0 bridgehead atoms. The molecule has 2 nitrogen and oxygen atoms in total. The Balaban J connectivity index is 2.15. The van der Waals surface area contributed by atoms with Gasteiger partial charge in [-0.2, -0.15) is 5.26 Å². The van der Waals surface area contributed by atoms with Crippen molar-refractivity contribution in [3.05, 3.63) is 21.9 Å². The van der Waals surface area contributed by atoms with Crippen molar-refractivity contribution >= 4 is 11.3 Å². The number of rotatable bonds is 7. The summed E-state index contributed by atoms with van der Waals surface area (Å²) in [6.45, 7) is 8.13. The average Bonchev–Trinajstić information content (AvgIpc) is 2.76. The van der Waals surface area contributed by atoms with Crippen LogP contribution in [0.2, 0.25) is 0 Å². The summed E-state index contributed by atoms with van der Waals surface area (Å²) >= 11 is 1.89. The van der Waals surface area contributed by atoms with Crippen molar-refractivity contribution in [2.75, 3.05) is 6.54 Å². The van der Waals surface area contributed by atoms with E-state index in [0.29, 0.717) is 0 Å². The fourth-order valence-corrected chi connectivity index (χ4v) is 2.56. The van der Waals surface area contributed by atoms with Gasteiger partial charge in [0.2, 0.25) is 0 Å². The van der Waals surface area contributed by atoms with Gasteiger partial charge in [-0.15, -0.1) is 11.3 Å². The first kappa shape index (κ1) is 14.2. The Bertz CT molecular complexity index is 374. The van der Waals surface area contributed by atoms with Crippen LogP contribution in [-0.2, 0) is 13.0 Å². The lowest BCUT2D eigenvalue weighted by Gasteiger charge is -2.14. The molecule has 0 aliphatic heterocycles. The third-order valence-electron chi connectivity index (χ3n) is 2.82. The molecule has 0 atom stereocenters. The molecule has 0 saturated heterocycles. The van der Waals surface area contributed by atoms with Crippen LogP contribution < -0.4 is 5.32 Å². The van der Waals surface area contributed by atoms with Crippen molar-refractivity contribution < 1.29 is 0 Å². The highest BCUT2D eigenvalue weighted by atomic mass is 32.1. The highest BCUT2D eigenvalue weighted by Crippen LogP contribution is 2.20. The van der Waals surface area contributed by atoms with E-state index in [0.717, 1.165) is 32.4 Å². The molecule has 0 amide bonds. The molecule has 1 N–H and O–H groups in total. The van der Waals surface area contributed by atoms with Crippen LogP contribution in [0.25, 0.3) is 0 Å². The monoisotopic (exact) mass is 250 g/mol. The van der Waals surface area contributed by atoms with Crippen molar-refractivity contribution in [2.45, 2.75) is 46.6 Å². The van der Waals surface area contributed by atoms with Gasteiger partial charge >= 0.3 is 0 Å². The Labute approximate surface area is 109 Å². The van der Waals surface area contributed by atoms with Gasteiger partial charge in [-0.25, -0.2) is 0 Å². The molecule has 1 aromatic heterocycles. The van der Waals surface area contributed by atoms with Gasteiger partial charge in [0, 0.05) is 16.3 Å². The molecule has 0 aliphatic rings. The molecule has 0 aliphatic carbocycles. The van der Waals surface area contributed by atoms with Crippen LogP contribution in [0.1, 0.15) is 43.4 Å². The van der Waals surface area contributed by atoms with Crippen LogP contribution in [0.4, 0.5) is 0 Å². The molecule has 17 heavy (non-hydrogen) atoms. The Morgan fingerprint density at radius 3 is 2.65 bits per heavy atom. The lowest BCUT2D eigenvalue weighted by Crippen LogP contribution is -2.17. The number of thiophene rings is 1. The fraction of sp³-hybridized carbons (Fsp3) is 0.643. The van der Waals surface area contributed by atoms with Crippen LogP contribution in [0.3, 0.4) is 0 Å². The SMILES string of the molecule is CCc1ccc(CNCCCC(C)(C)C#N)s1. The number of nitrogens with one attached hydrogen (secondary N) is 1. The summed E-state index contributed by atoms with van der Waals surface area (Å²) in [5.74, 6) is 0. The minimum Gasteiger partial charge on any atom is -0.312 e. The molecule has 0 aromatic carbocycles. The van der Waals surface area contributed by atoms with E-state index in [1.807, 2.05) is 25.2 Å². The zero-order valence-electron chi connectivity index (χ0n) is 11.0. The number of hydrogen-bond donors (Lipinski definition) is 1. The Kier molecular flexibility index (Phi) is 5.67. The molecular weight excluding hydrogens is 228 g/mol. The van der Waals surface area contributed by atoms with Gasteiger partial charge in [-0.05, 0) is 51.8 Å². The molecule has 1 aromatic rings. The van der Waals surface area contributed by atoms with Gasteiger partial charge in [0.05, 0.1) is 11.5 Å². The standard InChI is InChI=1S/C14H22N2S/c1-4-12-6-7-13(17-12)10-16-9-5-8-14(2,3)11-15/h6-7,16H,4-5,8-10H2,1-3H3. The zero-order chi connectivity index (χ0) is 12.7. The average molecular weight is 250 g/mol. The maximum Gasteiger partial charge on any atom is 0.0683 e. The van der Waals surface area contributed by atoms with Gasteiger partial charge in [0.25, 0.3) is 0 Å². The zero-order valence-corrected chi connectivity index (χ0v) is 11.9. The van der Waals surface area contributed by atoms with Gasteiger partial charge in [-0.3, -0.25) is 0 Å². The van der Waals surface area contributed by atoms with Crippen molar-refractivity contribution in [2.24, 2.45) is 5.41 Å². The Morgan fingerprint density at radius 2 is 2.06 bits per heavy atom. The minimum atomic E-state index is -0.181. The van der Waals surface area contributed by atoms with Crippen molar-refractivity contribution in [1.82, 2.24) is 5.32 Å². The highest BCUT2D eigenvalue weighted by molar-refractivity contribution is 7.11. The molecule has 1 heterocycles. The fourth-order valence-electron chi connectivity index (χ4n) is 1.63. The minimum absolute atomic E-state index is 0.181. The lowest BCUT2D eigenvalue weighted by molar-refractivity contribution is 0.426. The first-order valence-electron chi connectivity index (χ1n) is 6.27. The topological polar surface area (TPSA) is 35.8 Å². The quantitative estimate of drug-likeness (QED) is 0.748. The summed E-state index contributed by atoms with van der Waals surface area (Å²) in [4.78, 5) is 2.86. The molecule has 0 saturated carbocycles. The molecular formula is C14H22N2S. The van der Waals surface area contributed by atoms with E-state index in [4.69, 9.17) is 5.26 Å².